The van der Waals surface area contributed by atoms with Crippen LogP contribution in [-0.2, 0) is 11.3 Å². The van der Waals surface area contributed by atoms with Crippen molar-refractivity contribution in [1.82, 2.24) is 16.0 Å². The van der Waals surface area contributed by atoms with E-state index in [0.29, 0.717) is 31.9 Å². The van der Waals surface area contributed by atoms with Gasteiger partial charge in [-0.15, -0.1) is 0 Å². The Bertz CT molecular complexity index is 615. The van der Waals surface area contributed by atoms with Crippen molar-refractivity contribution in [3.63, 3.8) is 0 Å². The molecule has 0 saturated carbocycles. The number of carbonyl (C=O) groups excluding carboxylic acids is 1. The van der Waals surface area contributed by atoms with E-state index in [2.05, 4.69) is 25.7 Å². The Morgan fingerprint density at radius 2 is 2.28 bits per heavy atom. The van der Waals surface area contributed by atoms with E-state index < -0.39 is 12.4 Å². The van der Waals surface area contributed by atoms with Crippen LogP contribution < -0.4 is 20.7 Å². The molecular weight excluding hydrogens is 337 g/mol. The highest BCUT2D eigenvalue weighted by atomic mass is 19.3. The summed E-state index contributed by atoms with van der Waals surface area (Å²) in [6, 6.07) is 3.74. The second kappa shape index (κ2) is 9.14. The molecule has 25 heavy (non-hydrogen) atoms. The zero-order valence-electron chi connectivity index (χ0n) is 13.8. The van der Waals surface area contributed by atoms with Crippen molar-refractivity contribution in [2.45, 2.75) is 39.0 Å². The second-order valence-electron chi connectivity index (χ2n) is 5.47. The first-order valence-electron chi connectivity index (χ1n) is 8.03. The number of alkyl halides is 2. The Balaban J connectivity index is 2.09. The highest BCUT2D eigenvalue weighted by Crippen LogP contribution is 2.24. The van der Waals surface area contributed by atoms with E-state index in [1.165, 1.54) is 18.2 Å². The molecule has 1 amide bonds. The van der Waals surface area contributed by atoms with Gasteiger partial charge in [0, 0.05) is 25.6 Å². The maximum Gasteiger partial charge on any atom is 0.387 e. The minimum Gasteiger partial charge on any atom is -0.434 e. The van der Waals surface area contributed by atoms with Crippen molar-refractivity contribution < 1.29 is 22.7 Å². The van der Waals surface area contributed by atoms with Crippen LogP contribution in [0, 0.1) is 5.82 Å². The molecule has 1 aromatic rings. The molecule has 3 N–H and O–H groups in total. The van der Waals surface area contributed by atoms with Crippen molar-refractivity contribution in [3.8, 4) is 5.75 Å². The smallest absolute Gasteiger partial charge is 0.387 e. The summed E-state index contributed by atoms with van der Waals surface area (Å²) < 4.78 is 43.2. The number of nitrogens with zero attached hydrogens (tertiary/aromatic N) is 1. The fourth-order valence-electron chi connectivity index (χ4n) is 2.43. The van der Waals surface area contributed by atoms with E-state index in [-0.39, 0.29) is 29.8 Å². The number of rotatable bonds is 6. The topological polar surface area (TPSA) is 74.8 Å². The van der Waals surface area contributed by atoms with E-state index in [4.69, 9.17) is 0 Å². The van der Waals surface area contributed by atoms with Crippen LogP contribution in [0.4, 0.5) is 13.2 Å². The average Bonchev–Trinajstić information content (AvgIpc) is 2.56. The van der Waals surface area contributed by atoms with Gasteiger partial charge in [-0.2, -0.15) is 8.78 Å². The summed E-state index contributed by atoms with van der Waals surface area (Å²) in [4.78, 5) is 15.4. The quantitative estimate of drug-likeness (QED) is 0.535. The molecule has 9 heteroatoms. The molecule has 0 aromatic heterocycles. The molecule has 0 radical (unpaired) electrons. The van der Waals surface area contributed by atoms with Gasteiger partial charge in [-0.1, -0.05) is 6.07 Å². The zero-order valence-corrected chi connectivity index (χ0v) is 13.8. The van der Waals surface area contributed by atoms with Crippen LogP contribution in [-0.4, -0.2) is 37.6 Å². The molecule has 0 bridgehead atoms. The molecule has 1 aliphatic heterocycles. The monoisotopic (exact) mass is 358 g/mol. The fraction of sp³-hybridized carbons (Fsp3) is 0.500. The molecule has 1 aromatic carbocycles. The van der Waals surface area contributed by atoms with Crippen LogP contribution >= 0.6 is 0 Å². The highest BCUT2D eigenvalue weighted by Gasteiger charge is 2.19. The zero-order chi connectivity index (χ0) is 18.2. The minimum atomic E-state index is -3.04. The van der Waals surface area contributed by atoms with Crippen molar-refractivity contribution in [1.29, 1.82) is 0 Å². The summed E-state index contributed by atoms with van der Waals surface area (Å²) in [6.07, 6.45) is 1.06. The first-order chi connectivity index (χ1) is 12.0. The van der Waals surface area contributed by atoms with Crippen molar-refractivity contribution in [3.05, 3.63) is 29.6 Å². The molecule has 1 aliphatic rings. The number of ether oxygens (including phenoxy) is 1. The van der Waals surface area contributed by atoms with E-state index in [1.807, 2.05) is 6.92 Å². The maximum atomic E-state index is 14.0. The van der Waals surface area contributed by atoms with Crippen LogP contribution in [0.3, 0.4) is 0 Å². The molecular formula is C16H21F3N4O2. The number of halogens is 3. The number of nitrogens with one attached hydrogen (secondary N) is 3. The van der Waals surface area contributed by atoms with Crippen LogP contribution in [0.1, 0.15) is 25.3 Å². The van der Waals surface area contributed by atoms with Crippen LogP contribution in [0.2, 0.25) is 0 Å². The summed E-state index contributed by atoms with van der Waals surface area (Å²) in [5.41, 5.74) is -0.0445. The highest BCUT2D eigenvalue weighted by molar-refractivity contribution is 5.81. The predicted molar refractivity (Wildman–Crippen MR) is 87.0 cm³/mol. The average molecular weight is 358 g/mol. The van der Waals surface area contributed by atoms with Crippen LogP contribution in [0.25, 0.3) is 0 Å². The first-order valence-corrected chi connectivity index (χ1v) is 8.03. The van der Waals surface area contributed by atoms with Gasteiger partial charge in [0.25, 0.3) is 0 Å². The van der Waals surface area contributed by atoms with Gasteiger partial charge in [0.15, 0.2) is 5.96 Å². The lowest BCUT2D eigenvalue weighted by Crippen LogP contribution is -2.51. The van der Waals surface area contributed by atoms with E-state index in [9.17, 15) is 18.0 Å². The summed E-state index contributed by atoms with van der Waals surface area (Å²) in [5, 5.41) is 8.89. The number of hydrogen-bond acceptors (Lipinski definition) is 3. The number of hydrogen-bond donors (Lipinski definition) is 3. The third-order valence-electron chi connectivity index (χ3n) is 3.64. The number of benzene rings is 1. The molecule has 1 atom stereocenters. The SMILES string of the molecule is CCNC(=NCc1c(F)cccc1OC(F)F)NC1CCC(=O)NC1. The third kappa shape index (κ3) is 5.84. The Labute approximate surface area is 143 Å². The third-order valence-corrected chi connectivity index (χ3v) is 3.64. The van der Waals surface area contributed by atoms with Gasteiger partial charge in [0.2, 0.25) is 5.91 Å². The summed E-state index contributed by atoms with van der Waals surface area (Å²) in [6.45, 7) is -0.301. The maximum absolute atomic E-state index is 14.0. The summed E-state index contributed by atoms with van der Waals surface area (Å²) in [5.74, 6) is -0.489. The lowest BCUT2D eigenvalue weighted by atomic mass is 10.1. The van der Waals surface area contributed by atoms with Gasteiger partial charge < -0.3 is 20.7 Å². The van der Waals surface area contributed by atoms with E-state index in [1.54, 1.807) is 0 Å². The molecule has 0 aliphatic carbocycles. The number of amides is 1. The van der Waals surface area contributed by atoms with Gasteiger partial charge in [0.1, 0.15) is 11.6 Å². The van der Waals surface area contributed by atoms with Gasteiger partial charge in [-0.25, -0.2) is 9.38 Å². The Hall–Kier alpha value is -2.45. The number of guanidine groups is 1. The molecule has 2 rings (SSSR count). The Morgan fingerprint density at radius 3 is 2.92 bits per heavy atom. The van der Waals surface area contributed by atoms with Crippen LogP contribution in [0.5, 0.6) is 5.75 Å². The minimum absolute atomic E-state index is 0.000126. The number of piperidine rings is 1. The molecule has 138 valence electrons. The standard InChI is InChI=1S/C16H21F3N4O2/c1-2-20-16(23-10-6-7-14(24)21-8-10)22-9-11-12(17)4-3-5-13(11)25-15(18)19/h3-5,10,15H,2,6-9H2,1H3,(H,21,24)(H2,20,22,23). The van der Waals surface area contributed by atoms with Gasteiger partial charge in [-0.3, -0.25) is 4.79 Å². The molecule has 1 saturated heterocycles. The number of aliphatic imine (C=N–C) groups is 1. The van der Waals surface area contributed by atoms with Crippen molar-refractivity contribution in [2.75, 3.05) is 13.1 Å². The second-order valence-corrected chi connectivity index (χ2v) is 5.47. The van der Waals surface area contributed by atoms with Gasteiger partial charge >= 0.3 is 6.61 Å². The molecule has 0 spiro atoms. The molecule has 6 nitrogen and oxygen atoms in total. The predicted octanol–water partition coefficient (Wildman–Crippen LogP) is 1.76. The van der Waals surface area contributed by atoms with Gasteiger partial charge in [0.05, 0.1) is 12.1 Å². The van der Waals surface area contributed by atoms with E-state index >= 15 is 0 Å². The van der Waals surface area contributed by atoms with Crippen molar-refractivity contribution >= 4 is 11.9 Å². The fourth-order valence-corrected chi connectivity index (χ4v) is 2.43. The van der Waals surface area contributed by atoms with Crippen LogP contribution in [0.15, 0.2) is 23.2 Å². The lowest BCUT2D eigenvalue weighted by molar-refractivity contribution is -0.122. The first kappa shape index (κ1) is 18.9. The molecule has 1 fully saturated rings. The normalized spacial score (nSPS) is 18.0. The largest absolute Gasteiger partial charge is 0.434 e. The van der Waals surface area contributed by atoms with Crippen molar-refractivity contribution in [2.24, 2.45) is 4.99 Å². The summed E-state index contributed by atoms with van der Waals surface area (Å²) >= 11 is 0. The Kier molecular flexibility index (Phi) is 6.91. The summed E-state index contributed by atoms with van der Waals surface area (Å²) in [7, 11) is 0. The molecule has 1 heterocycles. The Morgan fingerprint density at radius 1 is 1.48 bits per heavy atom. The van der Waals surface area contributed by atoms with E-state index in [0.717, 1.165) is 0 Å². The molecule has 1 unspecified atom stereocenters. The number of carbonyl (C=O) groups is 1. The van der Waals surface area contributed by atoms with Gasteiger partial charge in [-0.05, 0) is 25.5 Å². The lowest BCUT2D eigenvalue weighted by Gasteiger charge is -2.25.